The zero-order valence-corrected chi connectivity index (χ0v) is 20.7. The number of rotatable bonds is 8. The number of pyridine rings is 1. The van der Waals surface area contributed by atoms with Crippen LogP contribution in [0.1, 0.15) is 19.4 Å². The number of carbonyl (C=O) groups excluding carboxylic acids is 1. The molecule has 0 atom stereocenters. The Kier molecular flexibility index (Phi) is 6.85. The van der Waals surface area contributed by atoms with E-state index in [1.807, 2.05) is 85.1 Å². The van der Waals surface area contributed by atoms with E-state index in [1.54, 1.807) is 18.3 Å². The van der Waals surface area contributed by atoms with Crippen LogP contribution in [0.5, 0.6) is 11.5 Å². The van der Waals surface area contributed by atoms with Crippen LogP contribution in [0.25, 0.3) is 32.6 Å². The maximum absolute atomic E-state index is 13.0. The van der Waals surface area contributed by atoms with Gasteiger partial charge in [-0.05, 0) is 67.1 Å². The van der Waals surface area contributed by atoms with Crippen LogP contribution in [-0.4, -0.2) is 29.9 Å². The summed E-state index contributed by atoms with van der Waals surface area (Å²) in [6.45, 7) is 4.91. The van der Waals surface area contributed by atoms with Crippen molar-refractivity contribution in [3.8, 4) is 11.5 Å². The number of aromatic nitrogens is 1. The SMILES string of the molecule is CCOc1ccc2ccc(OCC)c(/C=N/NC(=O)Cn3c4ccccc4c(=O)c4ccccc43)c2c1. The summed E-state index contributed by atoms with van der Waals surface area (Å²) in [4.78, 5) is 26.0. The molecule has 0 fully saturated rings. The monoisotopic (exact) mass is 493 g/mol. The molecule has 5 rings (SSSR count). The minimum Gasteiger partial charge on any atom is -0.494 e. The Bertz CT molecular complexity index is 1640. The van der Waals surface area contributed by atoms with Crippen LogP contribution in [-0.2, 0) is 11.3 Å². The van der Waals surface area contributed by atoms with Crippen LogP contribution in [0, 0.1) is 0 Å². The minimum absolute atomic E-state index is 0.000981. The number of ether oxygens (including phenoxy) is 2. The molecular weight excluding hydrogens is 466 g/mol. The number of carbonyl (C=O) groups is 1. The van der Waals surface area contributed by atoms with Gasteiger partial charge < -0.3 is 14.0 Å². The summed E-state index contributed by atoms with van der Waals surface area (Å²) in [5.41, 5.74) is 4.73. The molecule has 7 heteroatoms. The maximum Gasteiger partial charge on any atom is 0.260 e. The van der Waals surface area contributed by atoms with Crippen molar-refractivity contribution in [1.82, 2.24) is 9.99 Å². The highest BCUT2D eigenvalue weighted by atomic mass is 16.5. The van der Waals surface area contributed by atoms with Crippen molar-refractivity contribution in [2.24, 2.45) is 5.10 Å². The lowest BCUT2D eigenvalue weighted by Gasteiger charge is -2.14. The van der Waals surface area contributed by atoms with Crippen molar-refractivity contribution in [2.75, 3.05) is 13.2 Å². The zero-order valence-electron chi connectivity index (χ0n) is 20.7. The zero-order chi connectivity index (χ0) is 25.8. The van der Waals surface area contributed by atoms with Gasteiger partial charge in [-0.15, -0.1) is 0 Å². The van der Waals surface area contributed by atoms with Gasteiger partial charge in [0, 0.05) is 16.3 Å². The van der Waals surface area contributed by atoms with E-state index in [9.17, 15) is 9.59 Å². The van der Waals surface area contributed by atoms with Gasteiger partial charge in [-0.2, -0.15) is 5.10 Å². The molecule has 0 unspecified atom stereocenters. The number of hydrogen-bond acceptors (Lipinski definition) is 5. The second-order valence-corrected chi connectivity index (χ2v) is 8.47. The van der Waals surface area contributed by atoms with Crippen molar-refractivity contribution in [3.05, 3.63) is 94.6 Å². The van der Waals surface area contributed by atoms with E-state index in [2.05, 4.69) is 10.5 Å². The van der Waals surface area contributed by atoms with Crippen LogP contribution in [0.3, 0.4) is 0 Å². The van der Waals surface area contributed by atoms with Gasteiger partial charge in [0.05, 0.1) is 30.5 Å². The fraction of sp³-hybridized carbons (Fsp3) is 0.167. The molecule has 186 valence electrons. The Balaban J connectivity index is 1.47. The van der Waals surface area contributed by atoms with E-state index < -0.39 is 0 Å². The van der Waals surface area contributed by atoms with Crippen LogP contribution in [0.15, 0.2) is 88.8 Å². The average molecular weight is 494 g/mol. The molecule has 0 saturated heterocycles. The quantitative estimate of drug-likeness (QED) is 0.182. The number of nitrogens with zero attached hydrogens (tertiary/aromatic N) is 2. The highest BCUT2D eigenvalue weighted by Gasteiger charge is 2.13. The van der Waals surface area contributed by atoms with Gasteiger partial charge in [-0.1, -0.05) is 36.4 Å². The number of para-hydroxylation sites is 2. The standard InChI is InChI=1S/C30H27N3O4/c1-3-36-21-15-13-20-14-16-28(37-4-2)25(24(20)17-21)18-31-32-29(34)19-33-26-11-7-5-9-22(26)30(35)23-10-6-8-12-27(23)33/h5-18H,3-4,19H2,1-2H3,(H,32,34)/b31-18+. The minimum atomic E-state index is -0.316. The second-order valence-electron chi connectivity index (χ2n) is 8.47. The predicted octanol–water partition coefficient (Wildman–Crippen LogP) is 5.26. The van der Waals surface area contributed by atoms with Crippen molar-refractivity contribution in [2.45, 2.75) is 20.4 Å². The molecular formula is C30H27N3O4. The molecule has 1 N–H and O–H groups in total. The number of hydrazone groups is 1. The van der Waals surface area contributed by atoms with E-state index in [4.69, 9.17) is 9.47 Å². The molecule has 37 heavy (non-hydrogen) atoms. The Hall–Kier alpha value is -4.65. The first-order valence-corrected chi connectivity index (χ1v) is 12.2. The Morgan fingerprint density at radius 1 is 0.865 bits per heavy atom. The van der Waals surface area contributed by atoms with Crippen LogP contribution >= 0.6 is 0 Å². The van der Waals surface area contributed by atoms with Crippen LogP contribution in [0.2, 0.25) is 0 Å². The molecule has 0 spiro atoms. The van der Waals surface area contributed by atoms with Gasteiger partial charge in [0.25, 0.3) is 5.91 Å². The molecule has 0 aliphatic rings. The molecule has 0 bridgehead atoms. The van der Waals surface area contributed by atoms with Crippen LogP contribution < -0.4 is 20.3 Å². The third-order valence-electron chi connectivity index (χ3n) is 6.17. The summed E-state index contributed by atoms with van der Waals surface area (Å²) in [6, 6.07) is 24.4. The third kappa shape index (κ3) is 4.76. The molecule has 1 amide bonds. The van der Waals surface area contributed by atoms with Crippen molar-refractivity contribution >= 4 is 44.7 Å². The summed E-state index contributed by atoms with van der Waals surface area (Å²) < 4.78 is 13.3. The van der Waals surface area contributed by atoms with E-state index >= 15 is 0 Å². The molecule has 7 nitrogen and oxygen atoms in total. The first-order valence-electron chi connectivity index (χ1n) is 12.2. The van der Waals surface area contributed by atoms with Crippen molar-refractivity contribution < 1.29 is 14.3 Å². The summed E-state index contributed by atoms with van der Waals surface area (Å²) in [7, 11) is 0. The predicted molar refractivity (Wildman–Crippen MR) is 148 cm³/mol. The molecule has 4 aromatic carbocycles. The largest absolute Gasteiger partial charge is 0.494 e. The summed E-state index contributed by atoms with van der Waals surface area (Å²) in [6.07, 6.45) is 1.60. The Morgan fingerprint density at radius 2 is 1.51 bits per heavy atom. The third-order valence-corrected chi connectivity index (χ3v) is 6.17. The molecule has 0 aliphatic carbocycles. The number of nitrogens with one attached hydrogen (secondary N) is 1. The van der Waals surface area contributed by atoms with Gasteiger partial charge in [0.2, 0.25) is 0 Å². The molecule has 0 saturated carbocycles. The molecule has 5 aromatic rings. The fourth-order valence-electron chi connectivity index (χ4n) is 4.57. The molecule has 1 heterocycles. The van der Waals surface area contributed by atoms with E-state index in [0.717, 1.165) is 22.1 Å². The molecule has 0 radical (unpaired) electrons. The van der Waals surface area contributed by atoms with E-state index in [-0.39, 0.29) is 17.9 Å². The summed E-state index contributed by atoms with van der Waals surface area (Å²) >= 11 is 0. The van der Waals surface area contributed by atoms with Gasteiger partial charge >= 0.3 is 0 Å². The number of amides is 1. The first-order chi connectivity index (χ1) is 18.1. The number of benzene rings is 4. The maximum atomic E-state index is 13.0. The fourth-order valence-corrected chi connectivity index (χ4v) is 4.57. The lowest BCUT2D eigenvalue weighted by Crippen LogP contribution is -2.25. The Morgan fingerprint density at radius 3 is 2.19 bits per heavy atom. The van der Waals surface area contributed by atoms with Gasteiger partial charge in [-0.3, -0.25) is 9.59 Å². The molecule has 1 aromatic heterocycles. The van der Waals surface area contributed by atoms with E-state index in [0.29, 0.717) is 40.8 Å². The van der Waals surface area contributed by atoms with Crippen molar-refractivity contribution in [1.29, 1.82) is 0 Å². The molecule has 0 aliphatic heterocycles. The van der Waals surface area contributed by atoms with Crippen LogP contribution in [0.4, 0.5) is 0 Å². The lowest BCUT2D eigenvalue weighted by molar-refractivity contribution is -0.121. The highest BCUT2D eigenvalue weighted by Crippen LogP contribution is 2.30. The Labute approximate surface area is 213 Å². The number of hydrogen-bond donors (Lipinski definition) is 1. The van der Waals surface area contributed by atoms with E-state index in [1.165, 1.54) is 0 Å². The summed E-state index contributed by atoms with van der Waals surface area (Å²) in [5, 5.41) is 7.32. The summed E-state index contributed by atoms with van der Waals surface area (Å²) in [5.74, 6) is 1.10. The average Bonchev–Trinajstić information content (AvgIpc) is 2.92. The topological polar surface area (TPSA) is 81.9 Å². The van der Waals surface area contributed by atoms with Gasteiger partial charge in [-0.25, -0.2) is 5.43 Å². The second kappa shape index (κ2) is 10.5. The first kappa shape index (κ1) is 24.1. The lowest BCUT2D eigenvalue weighted by atomic mass is 10.0. The number of fused-ring (bicyclic) bond motifs is 3. The van der Waals surface area contributed by atoms with Gasteiger partial charge in [0.15, 0.2) is 5.43 Å². The van der Waals surface area contributed by atoms with Gasteiger partial charge in [0.1, 0.15) is 18.0 Å². The smallest absolute Gasteiger partial charge is 0.260 e. The normalized spacial score (nSPS) is 11.4. The highest BCUT2D eigenvalue weighted by molar-refractivity contribution is 6.03. The van der Waals surface area contributed by atoms with Crippen molar-refractivity contribution in [3.63, 3.8) is 0 Å².